The van der Waals surface area contributed by atoms with Crippen LogP contribution >= 0.6 is 11.3 Å². The fourth-order valence-electron chi connectivity index (χ4n) is 4.11. The summed E-state index contributed by atoms with van der Waals surface area (Å²) in [5.41, 5.74) is 2.69. The summed E-state index contributed by atoms with van der Waals surface area (Å²) >= 11 is 1.79. The molecule has 2 aromatic heterocycles. The van der Waals surface area contributed by atoms with Crippen molar-refractivity contribution >= 4 is 11.3 Å². The number of nitrogens with zero attached hydrogens (tertiary/aromatic N) is 3. The van der Waals surface area contributed by atoms with Gasteiger partial charge in [-0.25, -0.2) is 4.98 Å². The summed E-state index contributed by atoms with van der Waals surface area (Å²) < 4.78 is 8.18. The molecule has 1 fully saturated rings. The number of imidazole rings is 1. The molecule has 4 nitrogen and oxygen atoms in total. The summed E-state index contributed by atoms with van der Waals surface area (Å²) in [5.74, 6) is 1.88. The number of piperidine rings is 1. The molecule has 0 aliphatic carbocycles. The molecule has 5 heteroatoms. The predicted octanol–water partition coefficient (Wildman–Crippen LogP) is 5.32. The summed E-state index contributed by atoms with van der Waals surface area (Å²) in [6, 6.07) is 12.6. The van der Waals surface area contributed by atoms with Gasteiger partial charge in [0.2, 0.25) is 0 Å². The van der Waals surface area contributed by atoms with Gasteiger partial charge in [0.1, 0.15) is 5.82 Å². The van der Waals surface area contributed by atoms with Gasteiger partial charge in [-0.1, -0.05) is 30.3 Å². The van der Waals surface area contributed by atoms with E-state index in [-0.39, 0.29) is 0 Å². The number of aromatic nitrogens is 2. The summed E-state index contributed by atoms with van der Waals surface area (Å²) in [6.07, 6.45) is 8.76. The van der Waals surface area contributed by atoms with Gasteiger partial charge in [0.15, 0.2) is 0 Å². The van der Waals surface area contributed by atoms with Gasteiger partial charge in [0, 0.05) is 38.0 Å². The van der Waals surface area contributed by atoms with Crippen LogP contribution in [0.25, 0.3) is 0 Å². The molecule has 0 N–H and O–H groups in total. The second kappa shape index (κ2) is 10.7. The van der Waals surface area contributed by atoms with Crippen molar-refractivity contribution in [1.29, 1.82) is 0 Å². The minimum atomic E-state index is 0.595. The first-order valence-electron chi connectivity index (χ1n) is 10.7. The van der Waals surface area contributed by atoms with E-state index in [0.717, 1.165) is 32.5 Å². The van der Waals surface area contributed by atoms with Crippen molar-refractivity contribution in [3.63, 3.8) is 0 Å². The lowest BCUT2D eigenvalue weighted by Crippen LogP contribution is -2.33. The van der Waals surface area contributed by atoms with Crippen LogP contribution in [0.5, 0.6) is 0 Å². The van der Waals surface area contributed by atoms with Gasteiger partial charge in [-0.2, -0.15) is 11.3 Å². The Bertz CT molecular complexity index is 823. The molecule has 0 unspecified atom stereocenters. The first kappa shape index (κ1) is 20.3. The van der Waals surface area contributed by atoms with E-state index in [9.17, 15) is 0 Å². The Kier molecular flexibility index (Phi) is 7.51. The van der Waals surface area contributed by atoms with Crippen molar-refractivity contribution in [2.24, 2.45) is 0 Å². The summed E-state index contributed by atoms with van der Waals surface area (Å²) in [4.78, 5) is 7.29. The van der Waals surface area contributed by atoms with Crippen molar-refractivity contribution in [2.75, 3.05) is 19.7 Å². The van der Waals surface area contributed by atoms with E-state index in [0.29, 0.717) is 12.5 Å². The molecule has 0 saturated carbocycles. The first-order valence-corrected chi connectivity index (χ1v) is 11.7. The number of thiophene rings is 1. The Labute approximate surface area is 178 Å². The molecule has 1 aliphatic heterocycles. The van der Waals surface area contributed by atoms with E-state index in [1.165, 1.54) is 42.9 Å². The lowest BCUT2D eigenvalue weighted by atomic mass is 9.95. The van der Waals surface area contributed by atoms with Crippen LogP contribution in [0.4, 0.5) is 0 Å². The molecule has 0 atom stereocenters. The van der Waals surface area contributed by atoms with Gasteiger partial charge in [-0.3, -0.25) is 4.90 Å². The van der Waals surface area contributed by atoms with Crippen molar-refractivity contribution in [2.45, 2.75) is 51.3 Å². The maximum absolute atomic E-state index is 5.81. The van der Waals surface area contributed by atoms with Crippen molar-refractivity contribution in [1.82, 2.24) is 14.5 Å². The molecular formula is C24H31N3OS. The van der Waals surface area contributed by atoms with E-state index in [4.69, 9.17) is 9.72 Å². The Morgan fingerprint density at radius 1 is 1.03 bits per heavy atom. The molecular weight excluding hydrogens is 378 g/mol. The summed E-state index contributed by atoms with van der Waals surface area (Å²) in [7, 11) is 0. The molecule has 0 bridgehead atoms. The molecule has 1 saturated heterocycles. The third kappa shape index (κ3) is 6.01. The van der Waals surface area contributed by atoms with Crippen LogP contribution in [0.2, 0.25) is 0 Å². The SMILES string of the molecule is c1ccc(COCCCCn2ccnc2C2CCN(Cc3ccsc3)CC2)cc1. The zero-order valence-corrected chi connectivity index (χ0v) is 17.9. The molecule has 3 heterocycles. The number of rotatable bonds is 10. The number of hydrogen-bond donors (Lipinski definition) is 0. The average Bonchev–Trinajstić information content (AvgIpc) is 3.44. The highest BCUT2D eigenvalue weighted by molar-refractivity contribution is 7.07. The van der Waals surface area contributed by atoms with Crippen LogP contribution in [0, 0.1) is 0 Å². The maximum Gasteiger partial charge on any atom is 0.111 e. The molecule has 0 amide bonds. The van der Waals surface area contributed by atoms with Gasteiger partial charge in [-0.15, -0.1) is 0 Å². The van der Waals surface area contributed by atoms with E-state index >= 15 is 0 Å². The minimum Gasteiger partial charge on any atom is -0.377 e. The van der Waals surface area contributed by atoms with Crippen LogP contribution in [-0.2, 0) is 24.4 Å². The normalized spacial score (nSPS) is 15.7. The standard InChI is InChI=1S/C24H31N3OS/c1-2-6-21(7-3-1)19-28-16-5-4-12-27-15-11-25-24(27)23-8-13-26(14-9-23)18-22-10-17-29-20-22/h1-3,6-7,10-11,15,17,20,23H,4-5,8-9,12-14,16,18-19H2. The van der Waals surface area contributed by atoms with Crippen LogP contribution in [0.3, 0.4) is 0 Å². The Morgan fingerprint density at radius 3 is 2.69 bits per heavy atom. The van der Waals surface area contributed by atoms with Gasteiger partial charge < -0.3 is 9.30 Å². The van der Waals surface area contributed by atoms with Crippen LogP contribution in [-0.4, -0.2) is 34.1 Å². The number of unbranched alkanes of at least 4 members (excludes halogenated alkanes) is 1. The Balaban J connectivity index is 1.16. The van der Waals surface area contributed by atoms with Gasteiger partial charge in [0.05, 0.1) is 6.61 Å². The van der Waals surface area contributed by atoms with Crippen LogP contribution < -0.4 is 0 Å². The molecule has 1 aromatic carbocycles. The van der Waals surface area contributed by atoms with E-state index in [2.05, 4.69) is 56.8 Å². The molecule has 3 aromatic rings. The van der Waals surface area contributed by atoms with Crippen LogP contribution in [0.15, 0.2) is 59.6 Å². The summed E-state index contributed by atoms with van der Waals surface area (Å²) in [5, 5.41) is 4.44. The van der Waals surface area contributed by atoms with E-state index < -0.39 is 0 Å². The zero-order chi connectivity index (χ0) is 19.7. The third-order valence-corrected chi connectivity index (χ3v) is 6.47. The number of likely N-dealkylation sites (tertiary alicyclic amines) is 1. The molecule has 4 rings (SSSR count). The quantitative estimate of drug-likeness (QED) is 0.425. The Morgan fingerprint density at radius 2 is 1.90 bits per heavy atom. The fraction of sp³-hybridized carbons (Fsp3) is 0.458. The molecule has 1 aliphatic rings. The molecule has 29 heavy (non-hydrogen) atoms. The van der Waals surface area contributed by atoms with E-state index in [1.807, 2.05) is 12.3 Å². The molecule has 0 radical (unpaired) electrons. The average molecular weight is 410 g/mol. The Hall–Kier alpha value is -1.95. The van der Waals surface area contributed by atoms with E-state index in [1.54, 1.807) is 11.3 Å². The highest BCUT2D eigenvalue weighted by Crippen LogP contribution is 2.28. The monoisotopic (exact) mass is 409 g/mol. The smallest absolute Gasteiger partial charge is 0.111 e. The minimum absolute atomic E-state index is 0.595. The summed E-state index contributed by atoms with van der Waals surface area (Å²) in [6.45, 7) is 6.00. The second-order valence-corrected chi connectivity index (χ2v) is 8.69. The highest BCUT2D eigenvalue weighted by Gasteiger charge is 2.23. The van der Waals surface area contributed by atoms with Gasteiger partial charge >= 0.3 is 0 Å². The zero-order valence-electron chi connectivity index (χ0n) is 17.1. The van der Waals surface area contributed by atoms with Gasteiger partial charge in [0.25, 0.3) is 0 Å². The lowest BCUT2D eigenvalue weighted by molar-refractivity contribution is 0.116. The van der Waals surface area contributed by atoms with Gasteiger partial charge in [-0.05, 0) is 66.7 Å². The molecule has 154 valence electrons. The highest BCUT2D eigenvalue weighted by atomic mass is 32.1. The topological polar surface area (TPSA) is 30.3 Å². The second-order valence-electron chi connectivity index (χ2n) is 7.91. The van der Waals surface area contributed by atoms with Crippen molar-refractivity contribution in [3.8, 4) is 0 Å². The number of aryl methyl sites for hydroxylation is 1. The number of hydrogen-bond acceptors (Lipinski definition) is 4. The lowest BCUT2D eigenvalue weighted by Gasteiger charge is -2.31. The van der Waals surface area contributed by atoms with Crippen molar-refractivity contribution < 1.29 is 4.74 Å². The predicted molar refractivity (Wildman–Crippen MR) is 119 cm³/mol. The first-order chi connectivity index (χ1) is 14.4. The number of ether oxygens (including phenoxy) is 1. The largest absolute Gasteiger partial charge is 0.377 e. The molecule has 0 spiro atoms. The fourth-order valence-corrected chi connectivity index (χ4v) is 4.77. The number of benzene rings is 1. The maximum atomic E-state index is 5.81. The van der Waals surface area contributed by atoms with Crippen molar-refractivity contribution in [3.05, 3.63) is 76.5 Å². The van der Waals surface area contributed by atoms with Crippen LogP contribution in [0.1, 0.15) is 48.6 Å². The third-order valence-electron chi connectivity index (χ3n) is 5.74.